The van der Waals surface area contributed by atoms with E-state index in [1.165, 1.54) is 41.5 Å². The quantitative estimate of drug-likeness (QED) is 0.178. The Balaban J connectivity index is 0.000000917. The number of nitrogens with zero attached hydrogens (tertiary/aromatic N) is 1. The number of anilines is 1. The average molecular weight is 645 g/mol. The molecule has 0 aliphatic rings. The first-order valence-corrected chi connectivity index (χ1v) is 15.4. The van der Waals surface area contributed by atoms with Gasteiger partial charge in [-0.2, -0.15) is 0 Å². The number of halogens is 3. The Morgan fingerprint density at radius 3 is 2.02 bits per heavy atom. The zero-order valence-corrected chi connectivity index (χ0v) is 27.1. The molecule has 0 atom stereocenters. The molecule has 0 saturated heterocycles. The predicted octanol–water partition coefficient (Wildman–Crippen LogP) is 9.68. The van der Waals surface area contributed by atoms with Crippen LogP contribution in [0.3, 0.4) is 0 Å². The Morgan fingerprint density at radius 2 is 1.51 bits per heavy atom. The van der Waals surface area contributed by atoms with Crippen LogP contribution in [0, 0.1) is 6.92 Å². The summed E-state index contributed by atoms with van der Waals surface area (Å²) in [5.41, 5.74) is 5.28. The summed E-state index contributed by atoms with van der Waals surface area (Å²) in [6.45, 7) is 11.5. The fraction of sp³-hybridized carbons (Fsp3) is 0.324. The first-order chi connectivity index (χ1) is 21.4. The van der Waals surface area contributed by atoms with Crippen molar-refractivity contribution in [1.82, 2.24) is 4.98 Å². The fourth-order valence-electron chi connectivity index (χ4n) is 3.99. The van der Waals surface area contributed by atoms with E-state index in [4.69, 9.17) is 14.8 Å². The molecule has 45 heavy (non-hydrogen) atoms. The van der Waals surface area contributed by atoms with Crippen LogP contribution in [-0.2, 0) is 22.6 Å². The molecule has 7 nitrogen and oxygen atoms in total. The molecule has 3 aromatic carbocycles. The summed E-state index contributed by atoms with van der Waals surface area (Å²) in [5, 5.41) is 11.2. The van der Waals surface area contributed by atoms with Crippen molar-refractivity contribution in [3.05, 3.63) is 82.9 Å². The summed E-state index contributed by atoms with van der Waals surface area (Å²) in [4.78, 5) is 26.3. The molecule has 0 saturated carbocycles. The number of carbonyl (C=O) groups is 2. The maximum atomic E-state index is 12.6. The molecule has 0 aliphatic carbocycles. The van der Waals surface area contributed by atoms with Crippen molar-refractivity contribution < 1.29 is 37.3 Å². The third kappa shape index (κ3) is 12.3. The van der Waals surface area contributed by atoms with E-state index in [1.54, 1.807) is 31.2 Å². The van der Waals surface area contributed by atoms with Gasteiger partial charge >= 0.3 is 12.3 Å². The number of carbonyl (C=O) groups excluding carboxylic acids is 1. The summed E-state index contributed by atoms with van der Waals surface area (Å²) in [7, 11) is 0. The van der Waals surface area contributed by atoms with Crippen molar-refractivity contribution in [2.24, 2.45) is 0 Å². The van der Waals surface area contributed by atoms with Crippen molar-refractivity contribution >= 4 is 28.9 Å². The maximum absolute atomic E-state index is 12.6. The monoisotopic (exact) mass is 644 g/mol. The topological polar surface area (TPSA) is 97.8 Å². The van der Waals surface area contributed by atoms with Gasteiger partial charge in [0.2, 0.25) is 5.91 Å². The molecule has 0 aliphatic heterocycles. The molecule has 2 N–H and O–H groups in total. The van der Waals surface area contributed by atoms with Gasteiger partial charge in [-0.05, 0) is 78.6 Å². The molecule has 0 unspecified atom stereocenters. The predicted molar refractivity (Wildman–Crippen MR) is 173 cm³/mol. The Kier molecular flexibility index (Phi) is 14.6. The number of aliphatic carboxylic acids is 1. The van der Waals surface area contributed by atoms with E-state index in [-0.39, 0.29) is 24.7 Å². The first-order valence-electron chi connectivity index (χ1n) is 14.6. The van der Waals surface area contributed by atoms with Crippen LogP contribution in [0.25, 0.3) is 21.7 Å². The van der Waals surface area contributed by atoms with E-state index in [9.17, 15) is 22.8 Å². The number of benzene rings is 3. The number of hydrogen-bond acceptors (Lipinski definition) is 6. The average Bonchev–Trinajstić information content (AvgIpc) is 3.43. The zero-order valence-electron chi connectivity index (χ0n) is 26.2. The highest BCUT2D eigenvalue weighted by Crippen LogP contribution is 2.38. The minimum absolute atomic E-state index is 0.175. The number of aromatic nitrogens is 1. The van der Waals surface area contributed by atoms with Crippen LogP contribution in [0.15, 0.2) is 66.7 Å². The highest BCUT2D eigenvalue weighted by atomic mass is 32.1. The molecule has 4 aromatic rings. The van der Waals surface area contributed by atoms with Crippen LogP contribution in [-0.4, -0.2) is 28.3 Å². The number of thiazole rings is 1. The molecule has 0 radical (unpaired) electrons. The molecule has 0 fully saturated rings. The van der Waals surface area contributed by atoms with Crippen molar-refractivity contribution in [3.8, 4) is 33.2 Å². The molecule has 11 heteroatoms. The number of rotatable bonds is 10. The summed E-state index contributed by atoms with van der Waals surface area (Å²) in [6.07, 6.45) is -2.45. The van der Waals surface area contributed by atoms with E-state index < -0.39 is 12.3 Å². The minimum Gasteiger partial charge on any atom is -0.486 e. The number of carboxylic acid groups (broad SMARTS) is 1. The number of carboxylic acids is 1. The number of nitrogens with one attached hydrogen (secondary N) is 1. The third-order valence-electron chi connectivity index (χ3n) is 6.00. The Bertz CT molecular complexity index is 1520. The zero-order chi connectivity index (χ0) is 33.6. The van der Waals surface area contributed by atoms with E-state index in [0.717, 1.165) is 29.0 Å². The maximum Gasteiger partial charge on any atom is 0.573 e. The lowest BCUT2D eigenvalue weighted by atomic mass is 10.0. The second-order valence-electron chi connectivity index (χ2n) is 9.49. The number of ether oxygens (including phenoxy) is 2. The van der Waals surface area contributed by atoms with Gasteiger partial charge in [0.15, 0.2) is 0 Å². The molecule has 1 aromatic heterocycles. The Morgan fingerprint density at radius 1 is 0.933 bits per heavy atom. The van der Waals surface area contributed by atoms with Crippen LogP contribution in [0.5, 0.6) is 11.5 Å². The fourth-order valence-corrected chi connectivity index (χ4v) is 5.00. The highest BCUT2D eigenvalue weighted by molar-refractivity contribution is 7.15. The van der Waals surface area contributed by atoms with Crippen LogP contribution in [0.4, 0.5) is 18.9 Å². The van der Waals surface area contributed by atoms with Crippen LogP contribution in [0.1, 0.15) is 63.6 Å². The Hall–Kier alpha value is -4.38. The van der Waals surface area contributed by atoms with Crippen molar-refractivity contribution in [1.29, 1.82) is 0 Å². The first kappa shape index (κ1) is 36.8. The van der Waals surface area contributed by atoms with E-state index >= 15 is 0 Å². The van der Waals surface area contributed by atoms with Gasteiger partial charge in [-0.25, -0.2) is 4.98 Å². The van der Waals surface area contributed by atoms with Gasteiger partial charge in [0.25, 0.3) is 0 Å². The molecule has 1 amide bonds. The SMILES string of the molecule is CC.CCC(=O)O.CCCc1ccc(OCc2nc(-c3ccc(NC(C)=O)cc3)c(-c3ccc(OC(F)(F)F)cc3)s2)cc1C. The molecule has 242 valence electrons. The molecule has 0 bridgehead atoms. The second kappa shape index (κ2) is 17.8. The summed E-state index contributed by atoms with van der Waals surface area (Å²) < 4.78 is 47.9. The lowest BCUT2D eigenvalue weighted by Crippen LogP contribution is -2.16. The van der Waals surface area contributed by atoms with Gasteiger partial charge in [0, 0.05) is 24.6 Å². The summed E-state index contributed by atoms with van der Waals surface area (Å²) in [6, 6.07) is 19.0. The lowest BCUT2D eigenvalue weighted by molar-refractivity contribution is -0.274. The number of aryl methyl sites for hydroxylation is 2. The van der Waals surface area contributed by atoms with Crippen molar-refractivity contribution in [2.45, 2.75) is 73.8 Å². The van der Waals surface area contributed by atoms with Crippen LogP contribution < -0.4 is 14.8 Å². The van der Waals surface area contributed by atoms with Gasteiger partial charge in [0.1, 0.15) is 23.1 Å². The van der Waals surface area contributed by atoms with Gasteiger partial charge in [-0.3, -0.25) is 9.59 Å². The minimum atomic E-state index is -4.76. The van der Waals surface area contributed by atoms with Crippen LogP contribution >= 0.6 is 11.3 Å². The molecule has 1 heterocycles. The number of amides is 1. The normalized spacial score (nSPS) is 10.5. The second-order valence-corrected chi connectivity index (χ2v) is 10.6. The van der Waals surface area contributed by atoms with Crippen molar-refractivity contribution in [3.63, 3.8) is 0 Å². The number of alkyl halides is 3. The smallest absolute Gasteiger partial charge is 0.486 e. The Labute approximate surface area is 266 Å². The molecular weight excluding hydrogens is 605 g/mol. The van der Waals surface area contributed by atoms with Gasteiger partial charge in [-0.15, -0.1) is 24.5 Å². The summed E-state index contributed by atoms with van der Waals surface area (Å²) >= 11 is 1.41. The highest BCUT2D eigenvalue weighted by Gasteiger charge is 2.31. The lowest BCUT2D eigenvalue weighted by Gasteiger charge is -2.09. The standard InChI is InChI=1S/C29H27F3N2O3S.C3H6O2.C2H6/c1-4-5-20-8-15-25(16-18(20)2)36-17-26-34-27(21-6-11-23(12-7-21)33-19(3)35)28(38-26)22-9-13-24(14-10-22)37-29(30,31)32;1-2-3(4)5;1-2/h6-16H,4-5,17H2,1-3H3,(H,33,35);2H2,1H3,(H,4,5);1-2H3. The van der Waals surface area contributed by atoms with Gasteiger partial charge in [-0.1, -0.05) is 52.3 Å². The molecule has 0 spiro atoms. The number of hydrogen-bond donors (Lipinski definition) is 2. The van der Waals surface area contributed by atoms with Gasteiger partial charge in [0.05, 0.1) is 10.6 Å². The van der Waals surface area contributed by atoms with Gasteiger partial charge < -0.3 is 19.9 Å². The summed E-state index contributed by atoms with van der Waals surface area (Å²) in [5.74, 6) is -0.470. The van der Waals surface area contributed by atoms with Crippen molar-refractivity contribution in [2.75, 3.05) is 5.32 Å². The van der Waals surface area contributed by atoms with Crippen LogP contribution in [0.2, 0.25) is 0 Å². The molecule has 4 rings (SSSR count). The van der Waals surface area contributed by atoms with E-state index in [2.05, 4.69) is 30.0 Å². The van der Waals surface area contributed by atoms with E-state index in [1.807, 2.05) is 38.1 Å². The molecular formula is C34H39F3N2O5S. The largest absolute Gasteiger partial charge is 0.573 e. The van der Waals surface area contributed by atoms with E-state index in [0.29, 0.717) is 22.0 Å². The third-order valence-corrected chi connectivity index (χ3v) is 7.08.